The third kappa shape index (κ3) is 4.44. The third-order valence-electron chi connectivity index (χ3n) is 4.00. The first kappa shape index (κ1) is 17.5. The lowest BCUT2D eigenvalue weighted by Gasteiger charge is -2.25. The first-order chi connectivity index (χ1) is 9.77. The molecule has 1 aliphatic heterocycles. The fourth-order valence-electron chi connectivity index (χ4n) is 2.69. The summed E-state index contributed by atoms with van der Waals surface area (Å²) in [6.45, 7) is 7.91. The quantitative estimate of drug-likeness (QED) is 0.740. The third-order valence-corrected chi connectivity index (χ3v) is 4.00. The zero-order valence-electron chi connectivity index (χ0n) is 13.3. The summed E-state index contributed by atoms with van der Waals surface area (Å²) < 4.78 is 0. The van der Waals surface area contributed by atoms with Crippen LogP contribution in [0.2, 0.25) is 0 Å². The number of carboxylic acids is 1. The predicted octanol–water partition coefficient (Wildman–Crippen LogP) is 1.25. The van der Waals surface area contributed by atoms with Crippen molar-refractivity contribution in [2.45, 2.75) is 59.0 Å². The molecule has 21 heavy (non-hydrogen) atoms. The summed E-state index contributed by atoms with van der Waals surface area (Å²) in [7, 11) is 0. The number of likely N-dealkylation sites (tertiary alicyclic amines) is 1. The Morgan fingerprint density at radius 3 is 2.48 bits per heavy atom. The molecule has 6 nitrogen and oxygen atoms in total. The Morgan fingerprint density at radius 2 is 2.00 bits per heavy atom. The number of aliphatic carboxylic acids is 1. The molecule has 0 radical (unpaired) electrons. The number of hydrogen-bond acceptors (Lipinski definition) is 3. The van der Waals surface area contributed by atoms with E-state index < -0.39 is 17.9 Å². The summed E-state index contributed by atoms with van der Waals surface area (Å²) >= 11 is 0. The van der Waals surface area contributed by atoms with Crippen LogP contribution in [-0.4, -0.2) is 46.4 Å². The minimum Gasteiger partial charge on any atom is -0.480 e. The van der Waals surface area contributed by atoms with E-state index in [1.165, 1.54) is 0 Å². The molecule has 2 amide bonds. The van der Waals surface area contributed by atoms with E-state index in [1.54, 1.807) is 18.7 Å². The number of nitrogens with zero attached hydrogens (tertiary/aromatic N) is 1. The highest BCUT2D eigenvalue weighted by Crippen LogP contribution is 2.22. The van der Waals surface area contributed by atoms with Crippen molar-refractivity contribution < 1.29 is 19.5 Å². The van der Waals surface area contributed by atoms with Crippen molar-refractivity contribution in [2.75, 3.05) is 6.54 Å². The first-order valence-corrected chi connectivity index (χ1v) is 7.60. The predicted molar refractivity (Wildman–Crippen MR) is 78.6 cm³/mol. The van der Waals surface area contributed by atoms with Crippen molar-refractivity contribution in [2.24, 2.45) is 11.8 Å². The summed E-state index contributed by atoms with van der Waals surface area (Å²) in [6.07, 6.45) is 2.06. The Kier molecular flexibility index (Phi) is 6.18. The zero-order chi connectivity index (χ0) is 16.2. The SMILES string of the molecule is CCCC(C)N1CC(C(=O)N[C@@H](C(=O)O)C(C)C)CC1=O. The molecule has 2 N–H and O–H groups in total. The molecule has 120 valence electrons. The van der Waals surface area contributed by atoms with E-state index in [-0.39, 0.29) is 30.2 Å². The summed E-state index contributed by atoms with van der Waals surface area (Å²) in [6, 6.07) is -0.782. The van der Waals surface area contributed by atoms with E-state index in [2.05, 4.69) is 12.2 Å². The molecule has 0 aromatic heterocycles. The van der Waals surface area contributed by atoms with Gasteiger partial charge in [-0.25, -0.2) is 4.79 Å². The second-order valence-corrected chi connectivity index (χ2v) is 6.15. The number of nitrogens with one attached hydrogen (secondary N) is 1. The smallest absolute Gasteiger partial charge is 0.326 e. The van der Waals surface area contributed by atoms with E-state index >= 15 is 0 Å². The molecule has 3 atom stereocenters. The zero-order valence-corrected chi connectivity index (χ0v) is 13.3. The molecular formula is C15H26N2O4. The van der Waals surface area contributed by atoms with Gasteiger partial charge in [0, 0.05) is 19.0 Å². The van der Waals surface area contributed by atoms with Gasteiger partial charge in [0.25, 0.3) is 0 Å². The molecule has 0 aliphatic carbocycles. The van der Waals surface area contributed by atoms with Crippen LogP contribution in [0.25, 0.3) is 0 Å². The maximum absolute atomic E-state index is 12.2. The van der Waals surface area contributed by atoms with Gasteiger partial charge in [0.2, 0.25) is 11.8 Å². The summed E-state index contributed by atoms with van der Waals surface area (Å²) in [5.74, 6) is -2.04. The van der Waals surface area contributed by atoms with Crippen LogP contribution < -0.4 is 5.32 Å². The molecule has 1 aliphatic rings. The highest BCUT2D eigenvalue weighted by Gasteiger charge is 2.37. The fraction of sp³-hybridized carbons (Fsp3) is 0.800. The number of hydrogen-bond donors (Lipinski definition) is 2. The molecule has 1 rings (SSSR count). The van der Waals surface area contributed by atoms with Crippen LogP contribution in [0.5, 0.6) is 0 Å². The Hall–Kier alpha value is -1.59. The van der Waals surface area contributed by atoms with Gasteiger partial charge in [-0.2, -0.15) is 0 Å². The van der Waals surface area contributed by atoms with Crippen LogP contribution in [0.15, 0.2) is 0 Å². The molecule has 1 heterocycles. The van der Waals surface area contributed by atoms with Crippen LogP contribution in [-0.2, 0) is 14.4 Å². The van der Waals surface area contributed by atoms with Crippen molar-refractivity contribution in [3.05, 3.63) is 0 Å². The maximum atomic E-state index is 12.2. The average Bonchev–Trinajstić information content (AvgIpc) is 2.77. The average molecular weight is 298 g/mol. The lowest BCUT2D eigenvalue weighted by molar-refractivity contribution is -0.143. The molecule has 1 saturated heterocycles. The number of carbonyl (C=O) groups excluding carboxylic acids is 2. The van der Waals surface area contributed by atoms with Crippen molar-refractivity contribution >= 4 is 17.8 Å². The van der Waals surface area contributed by atoms with Gasteiger partial charge in [-0.1, -0.05) is 27.2 Å². The highest BCUT2D eigenvalue weighted by molar-refractivity contribution is 5.91. The van der Waals surface area contributed by atoms with Gasteiger partial charge in [0.1, 0.15) is 6.04 Å². The van der Waals surface area contributed by atoms with Gasteiger partial charge in [-0.05, 0) is 19.3 Å². The number of amides is 2. The van der Waals surface area contributed by atoms with Gasteiger partial charge in [0.05, 0.1) is 5.92 Å². The topological polar surface area (TPSA) is 86.7 Å². The van der Waals surface area contributed by atoms with Crippen LogP contribution in [0.3, 0.4) is 0 Å². The van der Waals surface area contributed by atoms with Crippen molar-refractivity contribution in [1.82, 2.24) is 10.2 Å². The second kappa shape index (κ2) is 7.43. The van der Waals surface area contributed by atoms with Gasteiger partial charge >= 0.3 is 5.97 Å². The Balaban J connectivity index is 2.64. The van der Waals surface area contributed by atoms with Gasteiger partial charge in [-0.3, -0.25) is 9.59 Å². The van der Waals surface area contributed by atoms with Crippen LogP contribution in [0.1, 0.15) is 47.0 Å². The fourth-order valence-corrected chi connectivity index (χ4v) is 2.69. The lowest BCUT2D eigenvalue weighted by atomic mass is 10.0. The van der Waals surface area contributed by atoms with Crippen molar-refractivity contribution in [1.29, 1.82) is 0 Å². The lowest BCUT2D eigenvalue weighted by Crippen LogP contribution is -2.47. The normalized spacial score (nSPS) is 21.5. The van der Waals surface area contributed by atoms with Gasteiger partial charge < -0.3 is 15.3 Å². The molecule has 0 aromatic carbocycles. The summed E-state index contributed by atoms with van der Waals surface area (Å²) in [5.41, 5.74) is 0. The number of carbonyl (C=O) groups is 3. The first-order valence-electron chi connectivity index (χ1n) is 7.60. The van der Waals surface area contributed by atoms with Crippen molar-refractivity contribution in [3.63, 3.8) is 0 Å². The van der Waals surface area contributed by atoms with E-state index in [0.717, 1.165) is 12.8 Å². The minimum atomic E-state index is -1.04. The van der Waals surface area contributed by atoms with Crippen LogP contribution >= 0.6 is 0 Å². The molecular weight excluding hydrogens is 272 g/mol. The van der Waals surface area contributed by atoms with Crippen molar-refractivity contribution in [3.8, 4) is 0 Å². The maximum Gasteiger partial charge on any atom is 0.326 e. The summed E-state index contributed by atoms with van der Waals surface area (Å²) in [4.78, 5) is 37.0. The van der Waals surface area contributed by atoms with E-state index in [4.69, 9.17) is 5.11 Å². The molecule has 0 aromatic rings. The minimum absolute atomic E-state index is 0.0208. The molecule has 0 saturated carbocycles. The molecule has 0 bridgehead atoms. The van der Waals surface area contributed by atoms with Crippen LogP contribution in [0.4, 0.5) is 0 Å². The Labute approximate surface area is 125 Å². The molecule has 0 spiro atoms. The van der Waals surface area contributed by atoms with Crippen LogP contribution in [0, 0.1) is 11.8 Å². The molecule has 1 fully saturated rings. The van der Waals surface area contributed by atoms with Gasteiger partial charge in [0.15, 0.2) is 0 Å². The van der Waals surface area contributed by atoms with Gasteiger partial charge in [-0.15, -0.1) is 0 Å². The van der Waals surface area contributed by atoms with E-state index in [1.807, 2.05) is 6.92 Å². The molecule has 2 unspecified atom stereocenters. The van der Waals surface area contributed by atoms with E-state index in [9.17, 15) is 14.4 Å². The Bertz CT molecular complexity index is 408. The standard InChI is InChI=1S/C15H26N2O4/c1-5-6-10(4)17-8-11(7-12(17)18)14(19)16-13(9(2)3)15(20)21/h9-11,13H,5-8H2,1-4H3,(H,16,19)(H,20,21)/t10?,11?,13-/m1/s1. The summed E-state index contributed by atoms with van der Waals surface area (Å²) in [5, 5.41) is 11.7. The second-order valence-electron chi connectivity index (χ2n) is 6.15. The molecule has 6 heteroatoms. The number of rotatable bonds is 7. The number of carboxylic acid groups (broad SMARTS) is 1. The van der Waals surface area contributed by atoms with E-state index in [0.29, 0.717) is 6.54 Å². The highest BCUT2D eigenvalue weighted by atomic mass is 16.4. The Morgan fingerprint density at radius 1 is 1.38 bits per heavy atom. The monoisotopic (exact) mass is 298 g/mol. The largest absolute Gasteiger partial charge is 0.480 e.